The summed E-state index contributed by atoms with van der Waals surface area (Å²) in [4.78, 5) is 40.2. The van der Waals surface area contributed by atoms with E-state index in [9.17, 15) is 14.4 Å². The number of anilines is 1. The number of imide groups is 1. The third-order valence-corrected chi connectivity index (χ3v) is 5.02. The van der Waals surface area contributed by atoms with Crippen LogP contribution in [-0.2, 0) is 4.79 Å². The zero-order valence-corrected chi connectivity index (χ0v) is 16.3. The fourth-order valence-corrected chi connectivity index (χ4v) is 3.53. The van der Waals surface area contributed by atoms with Crippen LogP contribution in [0.25, 0.3) is 10.9 Å². The van der Waals surface area contributed by atoms with E-state index in [4.69, 9.17) is 0 Å². The molecule has 0 spiro atoms. The smallest absolute Gasteiger partial charge is 0.328 e. The lowest BCUT2D eigenvalue weighted by Crippen LogP contribution is -2.49. The molecule has 2 aromatic rings. The lowest BCUT2D eigenvalue weighted by molar-refractivity contribution is -0.120. The number of nitrogens with one attached hydrogen (secondary N) is 1. The van der Waals surface area contributed by atoms with Gasteiger partial charge in [0.2, 0.25) is 5.91 Å². The molecular formula is C20H26N4O3. The Bertz CT molecular complexity index is 896. The van der Waals surface area contributed by atoms with Crippen molar-refractivity contribution in [1.82, 2.24) is 14.8 Å². The van der Waals surface area contributed by atoms with Gasteiger partial charge in [0.15, 0.2) is 0 Å². The molecular weight excluding hydrogens is 344 g/mol. The van der Waals surface area contributed by atoms with Gasteiger partial charge in [-0.3, -0.25) is 19.8 Å². The van der Waals surface area contributed by atoms with Crippen molar-refractivity contribution in [2.45, 2.75) is 40.2 Å². The molecule has 1 saturated heterocycles. The standard InChI is InChI=1S/C20H26N4O3/c1-5-22(6-2)19(26)14-11-16-15(7-9-23(16)13(3)4)17(12-14)24-10-8-18(25)21-20(24)27/h7,9,11-13H,5-6,8,10H2,1-4H3,(H,21,25,27). The molecule has 7 heteroatoms. The summed E-state index contributed by atoms with van der Waals surface area (Å²) >= 11 is 0. The Balaban J connectivity index is 2.18. The monoisotopic (exact) mass is 370 g/mol. The molecule has 1 aromatic carbocycles. The molecule has 0 unspecified atom stereocenters. The molecule has 144 valence electrons. The largest absolute Gasteiger partial charge is 0.345 e. The molecule has 1 N–H and O–H groups in total. The molecule has 1 fully saturated rings. The van der Waals surface area contributed by atoms with Gasteiger partial charge in [-0.2, -0.15) is 0 Å². The highest BCUT2D eigenvalue weighted by Gasteiger charge is 2.27. The number of urea groups is 1. The summed E-state index contributed by atoms with van der Waals surface area (Å²) in [7, 11) is 0. The molecule has 7 nitrogen and oxygen atoms in total. The maximum absolute atomic E-state index is 13.0. The number of aromatic nitrogens is 1. The Morgan fingerprint density at radius 3 is 2.52 bits per heavy atom. The lowest BCUT2D eigenvalue weighted by atomic mass is 10.1. The Labute approximate surface area is 158 Å². The number of carbonyl (C=O) groups is 3. The number of hydrogen-bond acceptors (Lipinski definition) is 3. The second-order valence-electron chi connectivity index (χ2n) is 6.98. The maximum atomic E-state index is 13.0. The molecule has 1 aliphatic rings. The second kappa shape index (κ2) is 7.42. The van der Waals surface area contributed by atoms with E-state index in [1.54, 1.807) is 15.9 Å². The lowest BCUT2D eigenvalue weighted by Gasteiger charge is -2.28. The Hall–Kier alpha value is -2.83. The first-order valence-corrected chi connectivity index (χ1v) is 9.42. The van der Waals surface area contributed by atoms with Crippen molar-refractivity contribution >= 4 is 34.4 Å². The van der Waals surface area contributed by atoms with Crippen LogP contribution in [0.3, 0.4) is 0 Å². The highest BCUT2D eigenvalue weighted by Crippen LogP contribution is 2.33. The summed E-state index contributed by atoms with van der Waals surface area (Å²) in [6.07, 6.45) is 2.21. The maximum Gasteiger partial charge on any atom is 0.328 e. The normalized spacial score (nSPS) is 14.8. The third kappa shape index (κ3) is 3.41. The number of hydrogen-bond donors (Lipinski definition) is 1. The number of carbonyl (C=O) groups excluding carboxylic acids is 3. The average molecular weight is 370 g/mol. The van der Waals surface area contributed by atoms with Crippen molar-refractivity contribution in [3.63, 3.8) is 0 Å². The van der Waals surface area contributed by atoms with E-state index in [0.29, 0.717) is 30.9 Å². The molecule has 0 saturated carbocycles. The van der Waals surface area contributed by atoms with Crippen LogP contribution in [0.2, 0.25) is 0 Å². The summed E-state index contributed by atoms with van der Waals surface area (Å²) < 4.78 is 2.09. The van der Waals surface area contributed by atoms with Crippen molar-refractivity contribution in [3.05, 3.63) is 30.0 Å². The first-order chi connectivity index (χ1) is 12.9. The molecule has 1 aromatic heterocycles. The molecule has 2 heterocycles. The van der Waals surface area contributed by atoms with Gasteiger partial charge in [0.05, 0.1) is 11.2 Å². The van der Waals surface area contributed by atoms with Crippen LogP contribution < -0.4 is 10.2 Å². The number of fused-ring (bicyclic) bond motifs is 1. The van der Waals surface area contributed by atoms with Gasteiger partial charge in [-0.15, -0.1) is 0 Å². The predicted octanol–water partition coefficient (Wildman–Crippen LogP) is 3.15. The van der Waals surface area contributed by atoms with Gasteiger partial charge in [0.25, 0.3) is 5.91 Å². The van der Waals surface area contributed by atoms with Gasteiger partial charge in [-0.1, -0.05) is 0 Å². The van der Waals surface area contributed by atoms with Crippen molar-refractivity contribution in [3.8, 4) is 0 Å². The molecule has 0 bridgehead atoms. The molecule has 0 radical (unpaired) electrons. The average Bonchev–Trinajstić information content (AvgIpc) is 3.06. The van der Waals surface area contributed by atoms with Crippen molar-refractivity contribution in [2.75, 3.05) is 24.5 Å². The van der Waals surface area contributed by atoms with Crippen LogP contribution in [0.15, 0.2) is 24.4 Å². The van der Waals surface area contributed by atoms with Gasteiger partial charge in [-0.05, 0) is 45.9 Å². The minimum atomic E-state index is -0.447. The predicted molar refractivity (Wildman–Crippen MR) is 105 cm³/mol. The topological polar surface area (TPSA) is 74.7 Å². The van der Waals surface area contributed by atoms with Crippen LogP contribution in [0.1, 0.15) is 50.5 Å². The summed E-state index contributed by atoms with van der Waals surface area (Å²) in [5.74, 6) is -0.337. The van der Waals surface area contributed by atoms with E-state index in [0.717, 1.165) is 10.9 Å². The fraction of sp³-hybridized carbons (Fsp3) is 0.450. The van der Waals surface area contributed by atoms with E-state index in [1.807, 2.05) is 32.2 Å². The molecule has 27 heavy (non-hydrogen) atoms. The van der Waals surface area contributed by atoms with E-state index < -0.39 is 6.03 Å². The van der Waals surface area contributed by atoms with Gasteiger partial charge in [0.1, 0.15) is 0 Å². The number of amides is 4. The summed E-state index contributed by atoms with van der Waals surface area (Å²) in [5, 5.41) is 3.25. The highest BCUT2D eigenvalue weighted by atomic mass is 16.2. The van der Waals surface area contributed by atoms with Crippen LogP contribution in [0.4, 0.5) is 10.5 Å². The van der Waals surface area contributed by atoms with E-state index >= 15 is 0 Å². The summed E-state index contributed by atoms with van der Waals surface area (Å²) in [6, 6.07) is 5.39. The van der Waals surface area contributed by atoms with Crippen LogP contribution >= 0.6 is 0 Å². The Morgan fingerprint density at radius 2 is 1.93 bits per heavy atom. The minimum Gasteiger partial charge on any atom is -0.345 e. The van der Waals surface area contributed by atoms with Crippen molar-refractivity contribution in [1.29, 1.82) is 0 Å². The van der Waals surface area contributed by atoms with Gasteiger partial charge in [-0.25, -0.2) is 4.79 Å². The van der Waals surface area contributed by atoms with E-state index in [-0.39, 0.29) is 24.3 Å². The highest BCUT2D eigenvalue weighted by molar-refractivity contribution is 6.11. The molecule has 0 aliphatic carbocycles. The first kappa shape index (κ1) is 18.9. The molecule has 3 rings (SSSR count). The SMILES string of the molecule is CCN(CC)C(=O)c1cc(N2CCC(=O)NC2=O)c2ccn(C(C)C)c2c1. The minimum absolute atomic E-state index is 0.0619. The fourth-order valence-electron chi connectivity index (χ4n) is 3.53. The van der Waals surface area contributed by atoms with Crippen LogP contribution in [0, 0.1) is 0 Å². The molecule has 1 aliphatic heterocycles. The Kier molecular flexibility index (Phi) is 5.21. The van der Waals surface area contributed by atoms with Gasteiger partial charge < -0.3 is 9.47 Å². The van der Waals surface area contributed by atoms with E-state index in [1.165, 1.54) is 0 Å². The summed E-state index contributed by atoms with van der Waals surface area (Å²) in [5.41, 5.74) is 2.11. The van der Waals surface area contributed by atoms with Crippen LogP contribution in [-0.4, -0.2) is 46.9 Å². The van der Waals surface area contributed by atoms with Crippen LogP contribution in [0.5, 0.6) is 0 Å². The molecule has 4 amide bonds. The van der Waals surface area contributed by atoms with E-state index in [2.05, 4.69) is 23.7 Å². The zero-order chi connectivity index (χ0) is 19.7. The van der Waals surface area contributed by atoms with Crippen molar-refractivity contribution < 1.29 is 14.4 Å². The first-order valence-electron chi connectivity index (χ1n) is 9.42. The molecule has 0 atom stereocenters. The Morgan fingerprint density at radius 1 is 1.22 bits per heavy atom. The third-order valence-electron chi connectivity index (χ3n) is 5.02. The van der Waals surface area contributed by atoms with Gasteiger partial charge >= 0.3 is 6.03 Å². The van der Waals surface area contributed by atoms with Gasteiger partial charge in [0, 0.05) is 49.2 Å². The second-order valence-corrected chi connectivity index (χ2v) is 6.98. The number of benzene rings is 1. The number of nitrogens with zero attached hydrogens (tertiary/aromatic N) is 3. The number of rotatable bonds is 5. The van der Waals surface area contributed by atoms with Crippen molar-refractivity contribution in [2.24, 2.45) is 0 Å². The quantitative estimate of drug-likeness (QED) is 0.878. The zero-order valence-electron chi connectivity index (χ0n) is 16.3. The summed E-state index contributed by atoms with van der Waals surface area (Å²) in [6.45, 7) is 9.58.